The first-order valence-electron chi connectivity index (χ1n) is 38.4. The maximum atomic E-state index is 13.2. The predicted molar refractivity (Wildman–Crippen MR) is 369 cm³/mol. The highest BCUT2D eigenvalue weighted by atomic mass is 16.8. The molecule has 0 aromatic rings. The zero-order chi connectivity index (χ0) is 88.2. The number of nitrogens with one attached hydrogen (secondary N) is 4. The van der Waals surface area contributed by atoms with Gasteiger partial charge in [-0.1, -0.05) is 0 Å². The van der Waals surface area contributed by atoms with E-state index in [0.29, 0.717) is 0 Å². The molecule has 0 bridgehead atoms. The number of carbonyl (C=O) groups excluding carboxylic acids is 4. The summed E-state index contributed by atoms with van der Waals surface area (Å²) in [5, 5.41) is 301. The highest BCUT2D eigenvalue weighted by molar-refractivity contribution is 5.74. The number of rotatable bonds is 31. The number of ether oxygens (including phenoxy) is 19. The quantitative estimate of drug-likeness (QED) is 0.0306. The molecular weight excluding hydrogens is 1640 g/mol. The van der Waals surface area contributed by atoms with Gasteiger partial charge in [0.05, 0.1) is 65.6 Å². The first-order valence-corrected chi connectivity index (χ1v) is 38.4. The van der Waals surface area contributed by atoms with Crippen molar-refractivity contribution in [2.45, 2.75) is 335 Å². The van der Waals surface area contributed by atoms with E-state index in [1.807, 2.05) is 0 Å². The van der Waals surface area contributed by atoms with E-state index < -0.39 is 384 Å². The molecule has 694 valence electrons. The van der Waals surface area contributed by atoms with Crippen LogP contribution in [0.5, 0.6) is 0 Å². The second-order valence-corrected chi connectivity index (χ2v) is 30.5. The van der Waals surface area contributed by atoms with Gasteiger partial charge in [-0.15, -0.1) is 0 Å². The number of hydrogen-bond acceptors (Lipinski definition) is 49. The lowest BCUT2D eigenvalue weighted by Gasteiger charge is -2.52. The summed E-state index contributed by atoms with van der Waals surface area (Å²) in [6, 6.07) is -7.59. The van der Waals surface area contributed by atoms with Crippen LogP contribution < -0.4 is 21.3 Å². The molecule has 10 aliphatic heterocycles. The molecule has 30 N–H and O–H groups in total. The van der Waals surface area contributed by atoms with Gasteiger partial charge in [0.25, 0.3) is 0 Å². The van der Waals surface area contributed by atoms with Crippen LogP contribution in [0.2, 0.25) is 0 Å². The van der Waals surface area contributed by atoms with E-state index >= 15 is 0 Å². The fourth-order valence-corrected chi connectivity index (χ4v) is 15.5. The Hall–Kier alpha value is -3.92. The number of aliphatic hydroxyl groups excluding tert-OH is 26. The summed E-state index contributed by atoms with van der Waals surface area (Å²) in [6.45, 7) is -5.02. The Bertz CT molecular complexity index is 3230. The van der Waals surface area contributed by atoms with Crippen LogP contribution in [0.25, 0.3) is 0 Å². The molecule has 0 saturated carbocycles. The SMILES string of the molecule is CC(=O)N[C@@H]1[C@@H](O)[C@H](O[C@@H]2O[C@H](CO)[C@@H](O[C@@H]3O[C@H](CO[C@H]4O[C@H](CO)[C@@H](O)[C@H](O)[C@@H]4O[C@@H]4O[C@H](CO[C@@H]5O[C@@H](C)[C@@H](O)[C@@H](O)[C@@H]5O)[C@@H](O[C@@H]5O[C@H](CO)[C@H](O)[C@H](O)[C@H]5O)[C@H](O)[C@H]4NC(C)=O)[C@@H](O)[C@H](O[C@H]4O[C@H](CO)[C@@H](O)[C@H](O)[C@@H]4O[C@@H]4O[C@H](CO)[C@@H](O)[C@H](O)[C@H]4NC(C)=O)[C@@H]3O[C@@H]3O[C@H](CO)[C@H](O)[C@H]3O)[C@H](O)[C@H]2NC(C)=O)[C@@H](CO)O[C@H]1O. The average Bonchev–Trinajstić information content (AvgIpc) is 1.03. The van der Waals surface area contributed by atoms with E-state index in [2.05, 4.69) is 21.3 Å². The Balaban J connectivity index is 1.05. The van der Waals surface area contributed by atoms with Crippen LogP contribution in [0.15, 0.2) is 0 Å². The normalized spacial score (nSPS) is 49.6. The van der Waals surface area contributed by atoms with Crippen molar-refractivity contribution in [3.8, 4) is 0 Å². The lowest BCUT2D eigenvalue weighted by atomic mass is 9.93. The van der Waals surface area contributed by atoms with Crippen LogP contribution in [0.1, 0.15) is 34.6 Å². The highest BCUT2D eigenvalue weighted by Gasteiger charge is 2.62. The topological polar surface area (TPSA) is 818 Å². The van der Waals surface area contributed by atoms with E-state index in [0.717, 1.165) is 27.7 Å². The zero-order valence-electron chi connectivity index (χ0n) is 64.7. The van der Waals surface area contributed by atoms with Gasteiger partial charge in [-0.2, -0.15) is 0 Å². The van der Waals surface area contributed by atoms with Crippen molar-refractivity contribution in [3.05, 3.63) is 0 Å². The molecule has 0 aromatic carbocycles. The van der Waals surface area contributed by atoms with E-state index in [9.17, 15) is 152 Å². The van der Waals surface area contributed by atoms with Gasteiger partial charge in [-0.25, -0.2) is 0 Å². The third-order valence-corrected chi connectivity index (χ3v) is 22.1. The van der Waals surface area contributed by atoms with Crippen molar-refractivity contribution in [2.75, 3.05) is 59.5 Å². The fourth-order valence-electron chi connectivity index (χ4n) is 15.5. The van der Waals surface area contributed by atoms with Crippen molar-refractivity contribution >= 4 is 23.6 Å². The molecule has 0 spiro atoms. The number of carbonyl (C=O) groups is 4. The maximum Gasteiger partial charge on any atom is 0.217 e. The van der Waals surface area contributed by atoms with Gasteiger partial charge >= 0.3 is 0 Å². The van der Waals surface area contributed by atoms with Crippen LogP contribution in [-0.4, -0.2) is 517 Å². The Kier molecular flexibility index (Phi) is 35.0. The van der Waals surface area contributed by atoms with Gasteiger partial charge in [0.15, 0.2) is 62.9 Å². The molecular formula is C67H112N4O49. The summed E-state index contributed by atoms with van der Waals surface area (Å²) >= 11 is 0. The number of amides is 4. The largest absolute Gasteiger partial charge is 0.394 e. The minimum atomic E-state index is -2.58. The van der Waals surface area contributed by atoms with E-state index in [1.165, 1.54) is 6.92 Å². The summed E-state index contributed by atoms with van der Waals surface area (Å²) in [4.78, 5) is 51.4. The van der Waals surface area contributed by atoms with Gasteiger partial charge < -0.3 is 244 Å². The predicted octanol–water partition coefficient (Wildman–Crippen LogP) is -20.6. The molecule has 0 aliphatic carbocycles. The molecule has 53 heteroatoms. The Morgan fingerprint density at radius 1 is 0.233 bits per heavy atom. The molecule has 120 heavy (non-hydrogen) atoms. The van der Waals surface area contributed by atoms with E-state index in [4.69, 9.17) is 90.0 Å². The maximum absolute atomic E-state index is 13.2. The van der Waals surface area contributed by atoms with E-state index in [-0.39, 0.29) is 0 Å². The number of aliphatic hydroxyl groups is 26. The highest BCUT2D eigenvalue weighted by Crippen LogP contribution is 2.42. The Labute approximate surface area is 679 Å². The molecule has 0 unspecified atom stereocenters. The van der Waals surface area contributed by atoms with Crippen molar-refractivity contribution in [1.82, 2.24) is 21.3 Å². The van der Waals surface area contributed by atoms with E-state index in [1.54, 1.807) is 0 Å². The summed E-state index contributed by atoms with van der Waals surface area (Å²) in [5.74, 6) is -3.70. The third-order valence-electron chi connectivity index (χ3n) is 22.1. The monoisotopic (exact) mass is 1760 g/mol. The zero-order valence-corrected chi connectivity index (χ0v) is 64.7. The lowest BCUT2D eigenvalue weighted by Crippen LogP contribution is -2.71. The minimum absolute atomic E-state index is 0.811. The van der Waals surface area contributed by atoms with Crippen molar-refractivity contribution in [2.24, 2.45) is 0 Å². The first-order chi connectivity index (χ1) is 56.8. The summed E-state index contributed by atoms with van der Waals surface area (Å²) in [6.07, 6.45) is -94.9. The number of hydrogen-bond donors (Lipinski definition) is 30. The molecule has 53 nitrogen and oxygen atoms in total. The van der Waals surface area contributed by atoms with Crippen LogP contribution in [0, 0.1) is 0 Å². The molecule has 10 aliphatic rings. The molecule has 10 fully saturated rings. The molecule has 4 amide bonds. The summed E-state index contributed by atoms with van der Waals surface area (Å²) in [7, 11) is 0. The van der Waals surface area contributed by atoms with Crippen molar-refractivity contribution in [1.29, 1.82) is 0 Å². The van der Waals surface area contributed by atoms with Gasteiger partial charge in [0.2, 0.25) is 23.6 Å². The van der Waals surface area contributed by atoms with Crippen LogP contribution >= 0.6 is 0 Å². The second-order valence-electron chi connectivity index (χ2n) is 30.5. The minimum Gasteiger partial charge on any atom is -0.394 e. The van der Waals surface area contributed by atoms with Crippen LogP contribution in [0.3, 0.4) is 0 Å². The molecule has 49 atom stereocenters. The lowest BCUT2D eigenvalue weighted by molar-refractivity contribution is -0.407. The molecule has 10 heterocycles. The second kappa shape index (κ2) is 42.8. The summed E-state index contributed by atoms with van der Waals surface area (Å²) < 4.78 is 115. The van der Waals surface area contributed by atoms with Gasteiger partial charge in [-0.3, -0.25) is 19.2 Å². The van der Waals surface area contributed by atoms with Crippen LogP contribution in [-0.2, 0) is 109 Å². The van der Waals surface area contributed by atoms with Gasteiger partial charge in [0.1, 0.15) is 232 Å². The standard InChI is InChI=1S/C67H112N4O49/c1-15-33(83)44(94)49(99)62(104-15)102-14-28-53(115-64-50(100)45(95)35(85)21(7-73)107-64)43(93)32(71-19(5)82)61(113-28)118-55-46(96)36(86)22(8-74)109-65(55)103-13-27-39(89)54(117-66-56(47(97)37(87)23(9-75)110-66)119-59-30(69-17(3)80)40(90)34(84)20(6-72)106-59)57(120-63-48(98)38(88)24(10-76)108-63)67(112-27)116-52-26(12-78)111-60(31(42(52)92)70-18(4)81)114-51-25(11-77)105-58(101)29(41(51)91)68-16(2)79/h15,20-67,72-78,83-101H,6-14H2,1-5H3,(H,68,79)(H,69,80)(H,70,81)(H,71,82)/t15-,20+,21+,22+,23+,24+,25+,26+,27+,28+,29+,30+,31+,32+,33+,34+,35-,36+,37+,38-,39+,40+,41+,42+,43+,44+,45-,46-,47-,48+,49-,50+,51+,52+,53+,54-,55-,56-,57-,58+,59-,60-,61-,62+,63-,64-,65-,66+,67-/m0/s1. The Morgan fingerprint density at radius 2 is 0.517 bits per heavy atom. The smallest absolute Gasteiger partial charge is 0.217 e. The Morgan fingerprint density at radius 3 is 1.00 bits per heavy atom. The molecule has 0 aromatic heterocycles. The third kappa shape index (κ3) is 21.6. The van der Waals surface area contributed by atoms with Gasteiger partial charge in [0, 0.05) is 27.7 Å². The van der Waals surface area contributed by atoms with Crippen molar-refractivity contribution in [3.63, 3.8) is 0 Å². The van der Waals surface area contributed by atoms with Gasteiger partial charge in [-0.05, 0) is 6.92 Å². The molecule has 0 radical (unpaired) electrons. The average molecular weight is 1760 g/mol. The van der Waals surface area contributed by atoms with Crippen molar-refractivity contribution < 1.29 is 242 Å². The molecule has 10 saturated heterocycles. The van der Waals surface area contributed by atoms with Crippen LogP contribution in [0.4, 0.5) is 0 Å². The first kappa shape index (κ1) is 98.3. The fraction of sp³-hybridized carbons (Fsp3) is 0.940. The summed E-state index contributed by atoms with van der Waals surface area (Å²) in [5.41, 5.74) is 0. The molecule has 10 rings (SSSR count).